The number of nitrogens with zero attached hydrogens (tertiary/aromatic N) is 4. The van der Waals surface area contributed by atoms with Crippen molar-refractivity contribution >= 4 is 28.6 Å². The predicted octanol–water partition coefficient (Wildman–Crippen LogP) is 5.14. The maximum absolute atomic E-state index is 13.2. The molecule has 39 heavy (non-hydrogen) atoms. The number of pyridine rings is 1. The minimum Gasteiger partial charge on any atom is -0.496 e. The smallest absolute Gasteiger partial charge is 0.410 e. The van der Waals surface area contributed by atoms with Gasteiger partial charge >= 0.3 is 6.09 Å². The van der Waals surface area contributed by atoms with Crippen molar-refractivity contribution in [2.45, 2.75) is 83.0 Å². The van der Waals surface area contributed by atoms with Crippen molar-refractivity contribution in [3.05, 3.63) is 52.6 Å². The van der Waals surface area contributed by atoms with Gasteiger partial charge in [0.2, 0.25) is 0 Å². The number of amides is 2. The fraction of sp³-hybridized carbons (Fsp3) is 0.517. The van der Waals surface area contributed by atoms with Crippen molar-refractivity contribution in [2.24, 2.45) is 0 Å². The molecule has 0 aliphatic heterocycles. The van der Waals surface area contributed by atoms with Gasteiger partial charge in [-0.3, -0.25) is 14.3 Å². The molecule has 2 aliphatic rings. The third-order valence-corrected chi connectivity index (χ3v) is 7.75. The number of benzene rings is 1. The van der Waals surface area contributed by atoms with Gasteiger partial charge in [-0.05, 0) is 77.5 Å². The van der Waals surface area contributed by atoms with E-state index in [1.165, 1.54) is 14.2 Å². The summed E-state index contributed by atoms with van der Waals surface area (Å²) in [5.41, 5.74) is 0.790. The Labute approximate surface area is 227 Å². The largest absolute Gasteiger partial charge is 0.496 e. The monoisotopic (exact) mass is 535 g/mol. The number of ether oxygens (including phenoxy) is 2. The second-order valence-corrected chi connectivity index (χ2v) is 11.5. The Morgan fingerprint density at radius 3 is 2.36 bits per heavy atom. The molecule has 2 aromatic heterocycles. The number of rotatable bonds is 6. The number of hydrogen-bond donors (Lipinski definition) is 1. The van der Waals surface area contributed by atoms with Crippen molar-refractivity contribution in [3.63, 3.8) is 0 Å². The highest BCUT2D eigenvalue weighted by Gasteiger charge is 2.37. The van der Waals surface area contributed by atoms with Gasteiger partial charge in [0.15, 0.2) is 0 Å². The predicted molar refractivity (Wildman–Crippen MR) is 149 cm³/mol. The Balaban J connectivity index is 1.34. The van der Waals surface area contributed by atoms with Gasteiger partial charge in [0, 0.05) is 41.5 Å². The van der Waals surface area contributed by atoms with Crippen LogP contribution in [0.25, 0.3) is 10.9 Å². The van der Waals surface area contributed by atoms with Crippen molar-refractivity contribution in [2.75, 3.05) is 19.5 Å². The minimum absolute atomic E-state index is 0.108. The molecule has 2 heterocycles. The van der Waals surface area contributed by atoms with Gasteiger partial charge in [0.25, 0.3) is 11.5 Å². The number of carbonyl (C=O) groups is 2. The summed E-state index contributed by atoms with van der Waals surface area (Å²) < 4.78 is 14.2. The van der Waals surface area contributed by atoms with Gasteiger partial charge in [0.05, 0.1) is 31.3 Å². The first-order valence-corrected chi connectivity index (χ1v) is 13.6. The first kappa shape index (κ1) is 26.8. The summed E-state index contributed by atoms with van der Waals surface area (Å²) in [5, 5.41) is 8.39. The van der Waals surface area contributed by atoms with Crippen molar-refractivity contribution in [3.8, 4) is 5.75 Å². The molecule has 1 N–H and O–H groups in total. The van der Waals surface area contributed by atoms with Crippen LogP contribution in [0.3, 0.4) is 0 Å². The maximum Gasteiger partial charge on any atom is 0.410 e. The van der Waals surface area contributed by atoms with Crippen LogP contribution < -0.4 is 15.6 Å². The van der Waals surface area contributed by atoms with Crippen LogP contribution in [0.4, 0.5) is 10.5 Å². The van der Waals surface area contributed by atoms with E-state index in [9.17, 15) is 14.4 Å². The van der Waals surface area contributed by atoms with Gasteiger partial charge in [-0.2, -0.15) is 5.10 Å². The second kappa shape index (κ2) is 10.4. The molecule has 1 aromatic carbocycles. The zero-order chi connectivity index (χ0) is 27.9. The third kappa shape index (κ3) is 5.37. The Bertz CT molecular complexity index is 1440. The summed E-state index contributed by atoms with van der Waals surface area (Å²) in [7, 11) is 2.94. The molecule has 5 rings (SSSR count). The third-order valence-electron chi connectivity index (χ3n) is 7.75. The standard InChI is InChI=1S/C29H37N5O5/c1-29(2,3)34(28(37)39-5)21-12-10-20(11-13-21)33-17-18-15-22(25(38-4)16-24(18)31-33)26(35)30-23-7-6-14-32(27(23)36)19-8-9-19/h6-7,14-17,19-21H,8-13H2,1-5H3,(H,30,35). The molecule has 2 saturated carbocycles. The lowest BCUT2D eigenvalue weighted by Gasteiger charge is -2.43. The van der Waals surface area contributed by atoms with E-state index < -0.39 is 5.91 Å². The van der Waals surface area contributed by atoms with Gasteiger partial charge < -0.3 is 24.3 Å². The summed E-state index contributed by atoms with van der Waals surface area (Å²) in [4.78, 5) is 40.4. The number of anilines is 1. The minimum atomic E-state index is -0.405. The highest BCUT2D eigenvalue weighted by atomic mass is 16.5. The highest BCUT2D eigenvalue weighted by Crippen LogP contribution is 2.36. The number of hydrogen-bond acceptors (Lipinski definition) is 6. The van der Waals surface area contributed by atoms with E-state index in [0.29, 0.717) is 11.3 Å². The van der Waals surface area contributed by atoms with Crippen molar-refractivity contribution in [1.29, 1.82) is 0 Å². The summed E-state index contributed by atoms with van der Waals surface area (Å²) >= 11 is 0. The molecule has 3 aromatic rings. The molecule has 0 saturated heterocycles. The Kier molecular flexibility index (Phi) is 7.13. The van der Waals surface area contributed by atoms with Crippen LogP contribution in [0.1, 0.15) is 81.7 Å². The van der Waals surface area contributed by atoms with E-state index >= 15 is 0 Å². The van der Waals surface area contributed by atoms with Crippen molar-refractivity contribution < 1.29 is 19.1 Å². The Morgan fingerprint density at radius 1 is 1.05 bits per heavy atom. The molecule has 208 valence electrons. The van der Waals surface area contributed by atoms with Crippen LogP contribution in [0.5, 0.6) is 5.75 Å². The SMILES string of the molecule is COC(=O)N(C1CCC(n2cc3cc(C(=O)Nc4cccn(C5CC5)c4=O)c(OC)cc3n2)CC1)C(C)(C)C. The molecule has 0 unspecified atom stereocenters. The number of fused-ring (bicyclic) bond motifs is 1. The molecular weight excluding hydrogens is 498 g/mol. The summed E-state index contributed by atoms with van der Waals surface area (Å²) in [6, 6.07) is 7.44. The summed E-state index contributed by atoms with van der Waals surface area (Å²) in [5.74, 6) is -0.0101. The topological polar surface area (TPSA) is 108 Å². The van der Waals surface area contributed by atoms with Crippen LogP contribution in [-0.2, 0) is 4.74 Å². The van der Waals surface area contributed by atoms with Crippen molar-refractivity contribution in [1.82, 2.24) is 19.2 Å². The normalized spacial score (nSPS) is 19.5. The zero-order valence-corrected chi connectivity index (χ0v) is 23.3. The average molecular weight is 536 g/mol. The number of aromatic nitrogens is 3. The number of nitrogens with one attached hydrogen (secondary N) is 1. The first-order valence-electron chi connectivity index (χ1n) is 13.6. The lowest BCUT2D eigenvalue weighted by molar-refractivity contribution is 0.0396. The Morgan fingerprint density at radius 2 is 1.74 bits per heavy atom. The molecule has 10 heteroatoms. The first-order chi connectivity index (χ1) is 18.6. The average Bonchev–Trinajstić information content (AvgIpc) is 3.66. The molecule has 0 spiro atoms. The lowest BCUT2D eigenvalue weighted by Crippen LogP contribution is -2.52. The van der Waals surface area contributed by atoms with Gasteiger partial charge in [-0.1, -0.05) is 0 Å². The zero-order valence-electron chi connectivity index (χ0n) is 23.3. The van der Waals surface area contributed by atoms with Crippen LogP contribution in [0.2, 0.25) is 0 Å². The molecular formula is C29H37N5O5. The van der Waals surface area contributed by atoms with E-state index in [2.05, 4.69) is 5.32 Å². The van der Waals surface area contributed by atoms with Crippen LogP contribution in [0, 0.1) is 0 Å². The Hall–Kier alpha value is -3.82. The fourth-order valence-corrected chi connectivity index (χ4v) is 5.69. The molecule has 2 aliphatic carbocycles. The summed E-state index contributed by atoms with van der Waals surface area (Å²) in [6.45, 7) is 6.08. The van der Waals surface area contributed by atoms with E-state index in [4.69, 9.17) is 14.6 Å². The van der Waals surface area contributed by atoms with Crippen LogP contribution in [-0.4, -0.2) is 57.0 Å². The quantitative estimate of drug-likeness (QED) is 0.468. The fourth-order valence-electron chi connectivity index (χ4n) is 5.69. The van der Waals surface area contributed by atoms with Gasteiger partial charge in [0.1, 0.15) is 11.4 Å². The molecule has 0 radical (unpaired) electrons. The number of methoxy groups -OCH3 is 2. The summed E-state index contributed by atoms with van der Waals surface area (Å²) in [6.07, 6.45) is 8.82. The molecule has 2 amide bonds. The molecule has 0 bridgehead atoms. The van der Waals surface area contributed by atoms with Crippen LogP contribution >= 0.6 is 0 Å². The van der Waals surface area contributed by atoms with Gasteiger partial charge in [-0.25, -0.2) is 4.79 Å². The highest BCUT2D eigenvalue weighted by molar-refractivity contribution is 6.08. The maximum atomic E-state index is 13.2. The lowest BCUT2D eigenvalue weighted by atomic mass is 9.88. The van der Waals surface area contributed by atoms with E-state index in [1.807, 2.05) is 36.5 Å². The van der Waals surface area contributed by atoms with Gasteiger partial charge in [-0.15, -0.1) is 0 Å². The number of carbonyl (C=O) groups excluding carboxylic acids is 2. The van der Waals surface area contributed by atoms with Crippen LogP contribution in [0.15, 0.2) is 41.5 Å². The van der Waals surface area contributed by atoms with E-state index in [-0.39, 0.29) is 41.0 Å². The van der Waals surface area contributed by atoms with E-state index in [0.717, 1.165) is 49.4 Å². The molecule has 0 atom stereocenters. The van der Waals surface area contributed by atoms with E-state index in [1.54, 1.807) is 35.0 Å². The molecule has 2 fully saturated rings. The molecule has 10 nitrogen and oxygen atoms in total. The second-order valence-electron chi connectivity index (χ2n) is 11.5.